The van der Waals surface area contributed by atoms with E-state index < -0.39 is 12.3 Å². The summed E-state index contributed by atoms with van der Waals surface area (Å²) in [5.41, 5.74) is 6.49. The zero-order valence-electron chi connectivity index (χ0n) is 27.6. The van der Waals surface area contributed by atoms with Crippen molar-refractivity contribution in [3.05, 3.63) is 125 Å². The minimum atomic E-state index is -0.909. The molecule has 12 heteroatoms. The maximum absolute atomic E-state index is 12.3. The van der Waals surface area contributed by atoms with Gasteiger partial charge in [-0.2, -0.15) is 4.68 Å². The highest BCUT2D eigenvalue weighted by Gasteiger charge is 2.38. The number of hydrogen-bond donors (Lipinski definition) is 3. The molecule has 0 saturated carbocycles. The zero-order chi connectivity index (χ0) is 34.9. The molecule has 50 heavy (non-hydrogen) atoms. The second kappa shape index (κ2) is 16.7. The Hall–Kier alpha value is -4.88. The highest BCUT2D eigenvalue weighted by Crippen LogP contribution is 2.43. The summed E-state index contributed by atoms with van der Waals surface area (Å²) >= 11 is 1.53. The highest BCUT2D eigenvalue weighted by atomic mass is 32.2. The van der Waals surface area contributed by atoms with Crippen LogP contribution in [0.1, 0.15) is 60.8 Å². The van der Waals surface area contributed by atoms with Gasteiger partial charge in [0, 0.05) is 36.6 Å². The molecule has 1 saturated heterocycles. The molecule has 6 rings (SSSR count). The first kappa shape index (κ1) is 35.0. The number of para-hydroxylation sites is 1. The van der Waals surface area contributed by atoms with Crippen molar-refractivity contribution < 1.29 is 29.3 Å². The Balaban J connectivity index is 1.19. The standard InChI is InChI=1S/C38H39N5O6S/c1-25-33(24-50-38-40-41-42-43(38)31-9-3-2-4-10-31)48-37(49-36(25)28-16-14-26(23-44)15-17-28)29-20-18-27(19-21-29)32-11-6-5-8-30(32)22-39-34(45)12-7-13-35(46)47/h2-6,8-11,14-21,25,33,36-37,44H,7,12-13,22-24H2,1H3,(H,39,45)(H,46,47)/t25-,33+,36+,37+/m1/s1. The van der Waals surface area contributed by atoms with Crippen LogP contribution in [0.3, 0.4) is 0 Å². The Kier molecular flexibility index (Phi) is 11.7. The number of carbonyl (C=O) groups is 2. The largest absolute Gasteiger partial charge is 0.481 e. The first-order valence-corrected chi connectivity index (χ1v) is 17.5. The summed E-state index contributed by atoms with van der Waals surface area (Å²) in [5.74, 6) is -0.506. The summed E-state index contributed by atoms with van der Waals surface area (Å²) in [6.07, 6.45) is -0.680. The van der Waals surface area contributed by atoms with Crippen LogP contribution in [0.15, 0.2) is 108 Å². The van der Waals surface area contributed by atoms with Gasteiger partial charge in [0.15, 0.2) is 6.29 Å². The normalized spacial score (nSPS) is 18.8. The highest BCUT2D eigenvalue weighted by molar-refractivity contribution is 7.99. The molecule has 0 aliphatic carbocycles. The number of amides is 1. The van der Waals surface area contributed by atoms with E-state index in [9.17, 15) is 14.7 Å². The Bertz CT molecular complexity index is 1870. The Morgan fingerprint density at radius 3 is 2.34 bits per heavy atom. The first-order chi connectivity index (χ1) is 24.4. The van der Waals surface area contributed by atoms with Crippen LogP contribution in [0, 0.1) is 5.92 Å². The van der Waals surface area contributed by atoms with Crippen LogP contribution in [0.5, 0.6) is 0 Å². The monoisotopic (exact) mass is 693 g/mol. The van der Waals surface area contributed by atoms with E-state index in [0.717, 1.165) is 39.1 Å². The minimum absolute atomic E-state index is 0.00901. The Morgan fingerprint density at radius 1 is 0.880 bits per heavy atom. The summed E-state index contributed by atoms with van der Waals surface area (Å²) in [5, 5.41) is 34.4. The van der Waals surface area contributed by atoms with E-state index in [1.54, 1.807) is 4.68 Å². The van der Waals surface area contributed by atoms with Crippen molar-refractivity contribution in [2.75, 3.05) is 5.75 Å². The molecule has 5 aromatic rings. The summed E-state index contributed by atoms with van der Waals surface area (Å²) in [6, 6.07) is 33.5. The molecule has 0 radical (unpaired) electrons. The maximum Gasteiger partial charge on any atom is 0.303 e. The van der Waals surface area contributed by atoms with E-state index in [2.05, 4.69) is 27.8 Å². The fourth-order valence-electron chi connectivity index (χ4n) is 5.92. The van der Waals surface area contributed by atoms with Gasteiger partial charge in [0.2, 0.25) is 11.1 Å². The minimum Gasteiger partial charge on any atom is -0.481 e. The number of aromatic nitrogens is 4. The fraction of sp³-hybridized carbons (Fsp3) is 0.289. The number of aliphatic hydroxyl groups excluding tert-OH is 1. The molecule has 1 aromatic heterocycles. The summed E-state index contributed by atoms with van der Waals surface area (Å²) in [4.78, 5) is 23.1. The fourth-order valence-corrected chi connectivity index (χ4v) is 6.98. The lowest BCUT2D eigenvalue weighted by molar-refractivity contribution is -0.268. The lowest BCUT2D eigenvalue weighted by Gasteiger charge is -2.41. The molecular formula is C38H39N5O6S. The van der Waals surface area contributed by atoms with Crippen molar-refractivity contribution in [3.8, 4) is 16.8 Å². The lowest BCUT2D eigenvalue weighted by atomic mass is 9.91. The van der Waals surface area contributed by atoms with E-state index in [1.807, 2.05) is 103 Å². The second-order valence-electron chi connectivity index (χ2n) is 12.1. The SMILES string of the molecule is C[C@@H]1[C@H](CSc2nnnn2-c2ccccc2)O[C@H](c2ccc(-c3ccccc3CNC(=O)CCCC(=O)O)cc2)O[C@@H]1c1ccc(CO)cc1. The molecule has 1 amide bonds. The second-order valence-corrected chi connectivity index (χ2v) is 13.1. The number of carbonyl (C=O) groups excluding carboxylic acids is 1. The molecule has 1 aliphatic heterocycles. The van der Waals surface area contributed by atoms with E-state index in [-0.39, 0.29) is 43.5 Å². The molecule has 1 aliphatic rings. The number of carboxylic acid groups (broad SMARTS) is 1. The third kappa shape index (κ3) is 8.64. The van der Waals surface area contributed by atoms with Gasteiger partial charge in [-0.15, -0.1) is 5.10 Å². The number of rotatable bonds is 14. The van der Waals surface area contributed by atoms with Crippen molar-refractivity contribution in [1.82, 2.24) is 25.5 Å². The van der Waals surface area contributed by atoms with Crippen molar-refractivity contribution in [1.29, 1.82) is 0 Å². The van der Waals surface area contributed by atoms with Crippen LogP contribution in [-0.2, 0) is 32.2 Å². The molecular weight excluding hydrogens is 655 g/mol. The number of thioether (sulfide) groups is 1. The first-order valence-electron chi connectivity index (χ1n) is 16.5. The average molecular weight is 694 g/mol. The van der Waals surface area contributed by atoms with Gasteiger partial charge in [0.1, 0.15) is 0 Å². The number of aliphatic hydroxyl groups is 1. The third-order valence-electron chi connectivity index (χ3n) is 8.72. The Labute approximate surface area is 294 Å². The van der Waals surface area contributed by atoms with Gasteiger partial charge in [0.05, 0.1) is 24.5 Å². The number of ether oxygens (including phenoxy) is 2. The van der Waals surface area contributed by atoms with Crippen molar-refractivity contribution in [3.63, 3.8) is 0 Å². The summed E-state index contributed by atoms with van der Waals surface area (Å²) < 4.78 is 15.0. The molecule has 4 atom stereocenters. The predicted molar refractivity (Wildman–Crippen MR) is 188 cm³/mol. The predicted octanol–water partition coefficient (Wildman–Crippen LogP) is 6.28. The van der Waals surface area contributed by atoms with E-state index in [1.165, 1.54) is 11.8 Å². The van der Waals surface area contributed by atoms with E-state index in [4.69, 9.17) is 14.6 Å². The average Bonchev–Trinajstić information content (AvgIpc) is 3.63. The van der Waals surface area contributed by atoms with Crippen LogP contribution in [0.2, 0.25) is 0 Å². The van der Waals surface area contributed by atoms with Crippen molar-refractivity contribution in [2.45, 2.75) is 63.0 Å². The Morgan fingerprint density at radius 2 is 1.60 bits per heavy atom. The molecule has 0 bridgehead atoms. The molecule has 0 unspecified atom stereocenters. The quantitative estimate of drug-likeness (QED) is 0.114. The molecule has 3 N–H and O–H groups in total. The smallest absolute Gasteiger partial charge is 0.303 e. The number of tetrazole rings is 1. The van der Waals surface area contributed by atoms with Gasteiger partial charge in [-0.05, 0) is 56.8 Å². The molecule has 2 heterocycles. The molecule has 0 spiro atoms. The van der Waals surface area contributed by atoms with Crippen LogP contribution >= 0.6 is 11.8 Å². The topological polar surface area (TPSA) is 149 Å². The van der Waals surface area contributed by atoms with Crippen molar-refractivity contribution in [2.24, 2.45) is 5.92 Å². The van der Waals surface area contributed by atoms with E-state index in [0.29, 0.717) is 23.9 Å². The van der Waals surface area contributed by atoms with Gasteiger partial charge in [0.25, 0.3) is 0 Å². The number of hydrogen-bond acceptors (Lipinski definition) is 9. The van der Waals surface area contributed by atoms with Crippen LogP contribution in [0.25, 0.3) is 16.8 Å². The van der Waals surface area contributed by atoms with Gasteiger partial charge in [-0.25, -0.2) is 0 Å². The summed E-state index contributed by atoms with van der Waals surface area (Å²) in [6.45, 7) is 2.43. The van der Waals surface area contributed by atoms with Gasteiger partial charge < -0.3 is 25.0 Å². The zero-order valence-corrected chi connectivity index (χ0v) is 28.4. The van der Waals surface area contributed by atoms with Crippen molar-refractivity contribution >= 4 is 23.6 Å². The maximum atomic E-state index is 12.3. The van der Waals surface area contributed by atoms with Crippen LogP contribution in [-0.4, -0.2) is 54.2 Å². The number of nitrogens with one attached hydrogen (secondary N) is 1. The van der Waals surface area contributed by atoms with Gasteiger partial charge in [-0.3, -0.25) is 9.59 Å². The molecule has 1 fully saturated rings. The third-order valence-corrected chi connectivity index (χ3v) is 9.73. The van der Waals surface area contributed by atoms with Gasteiger partial charge in [-0.1, -0.05) is 110 Å². The molecule has 4 aromatic carbocycles. The van der Waals surface area contributed by atoms with Crippen LogP contribution < -0.4 is 5.32 Å². The molecule has 11 nitrogen and oxygen atoms in total. The number of aliphatic carboxylic acids is 1. The van der Waals surface area contributed by atoms with Crippen LogP contribution in [0.4, 0.5) is 0 Å². The lowest BCUT2D eigenvalue weighted by Crippen LogP contribution is -2.38. The number of benzene rings is 4. The van der Waals surface area contributed by atoms with E-state index >= 15 is 0 Å². The molecule has 258 valence electrons. The number of nitrogens with zero attached hydrogens (tertiary/aromatic N) is 4. The summed E-state index contributed by atoms with van der Waals surface area (Å²) in [7, 11) is 0. The number of carboxylic acids is 1. The van der Waals surface area contributed by atoms with Gasteiger partial charge >= 0.3 is 5.97 Å².